The van der Waals surface area contributed by atoms with E-state index in [1.165, 1.54) is 17.4 Å². The van der Waals surface area contributed by atoms with Gasteiger partial charge in [-0.15, -0.1) is 11.3 Å². The second-order valence-corrected chi connectivity index (χ2v) is 6.94. The van der Waals surface area contributed by atoms with E-state index in [1.54, 1.807) is 20.1 Å². The van der Waals surface area contributed by atoms with Gasteiger partial charge in [-0.1, -0.05) is 0 Å². The second kappa shape index (κ2) is 8.18. The summed E-state index contributed by atoms with van der Waals surface area (Å²) in [5.41, 5.74) is 10.3. The van der Waals surface area contributed by atoms with Gasteiger partial charge in [0, 0.05) is 10.4 Å². The average Bonchev–Trinajstić information content (AvgIpc) is 3.09. The van der Waals surface area contributed by atoms with Gasteiger partial charge >= 0.3 is 0 Å². The molecule has 0 saturated heterocycles. The number of methoxy groups -OCH3 is 1. The molecule has 0 atom stereocenters. The van der Waals surface area contributed by atoms with Crippen molar-refractivity contribution in [3.8, 4) is 16.2 Å². The number of hydrogen-bond donors (Lipinski definition) is 2. The SMILES string of the molecule is COc1ccc(-c2cc(N)c(C(=O)N/N=C(/C)c3ccc(F)c(F)c3)s2)cc1. The minimum Gasteiger partial charge on any atom is -0.497 e. The first-order valence-electron chi connectivity index (χ1n) is 8.23. The maximum absolute atomic E-state index is 13.3. The molecule has 2 aromatic carbocycles. The van der Waals surface area contributed by atoms with E-state index in [1.807, 2.05) is 24.3 Å². The zero-order valence-electron chi connectivity index (χ0n) is 15.1. The van der Waals surface area contributed by atoms with Gasteiger partial charge in [-0.3, -0.25) is 4.79 Å². The highest BCUT2D eigenvalue weighted by Gasteiger charge is 2.15. The predicted molar refractivity (Wildman–Crippen MR) is 107 cm³/mol. The Morgan fingerprint density at radius 3 is 2.46 bits per heavy atom. The lowest BCUT2D eigenvalue weighted by atomic mass is 10.1. The van der Waals surface area contributed by atoms with Crippen molar-refractivity contribution in [1.82, 2.24) is 5.43 Å². The Balaban J connectivity index is 1.77. The molecule has 0 fully saturated rings. The van der Waals surface area contributed by atoms with Gasteiger partial charge in [-0.2, -0.15) is 5.10 Å². The third-order valence-electron chi connectivity index (χ3n) is 4.00. The third-order valence-corrected chi connectivity index (χ3v) is 5.20. The third kappa shape index (κ3) is 4.17. The Morgan fingerprint density at radius 1 is 1.11 bits per heavy atom. The van der Waals surface area contributed by atoms with E-state index in [0.717, 1.165) is 28.3 Å². The molecule has 1 heterocycles. The molecule has 144 valence electrons. The van der Waals surface area contributed by atoms with Crippen molar-refractivity contribution in [2.45, 2.75) is 6.92 Å². The molecule has 28 heavy (non-hydrogen) atoms. The van der Waals surface area contributed by atoms with Gasteiger partial charge in [0.05, 0.1) is 18.5 Å². The second-order valence-electron chi connectivity index (χ2n) is 5.89. The van der Waals surface area contributed by atoms with E-state index < -0.39 is 17.5 Å². The van der Waals surface area contributed by atoms with E-state index in [0.29, 0.717) is 21.8 Å². The van der Waals surface area contributed by atoms with Crippen LogP contribution >= 0.6 is 11.3 Å². The molecule has 8 heteroatoms. The Labute approximate surface area is 164 Å². The number of ether oxygens (including phenoxy) is 1. The lowest BCUT2D eigenvalue weighted by molar-refractivity contribution is 0.0959. The molecule has 5 nitrogen and oxygen atoms in total. The van der Waals surface area contributed by atoms with Crippen LogP contribution in [0.5, 0.6) is 5.75 Å². The molecule has 3 N–H and O–H groups in total. The number of nitrogen functional groups attached to an aromatic ring is 1. The standard InChI is InChI=1S/C20H17F2N3O2S/c1-11(13-5-8-15(21)16(22)9-13)24-25-20(26)19-17(23)10-18(28-19)12-3-6-14(27-2)7-4-12/h3-10H,23H2,1-2H3,(H,25,26)/b24-11-. The number of carbonyl (C=O) groups excluding carboxylic acids is 1. The lowest BCUT2D eigenvalue weighted by Crippen LogP contribution is -2.19. The number of nitrogens with two attached hydrogens (primary N) is 1. The van der Waals surface area contributed by atoms with Gasteiger partial charge in [0.25, 0.3) is 5.91 Å². The highest BCUT2D eigenvalue weighted by molar-refractivity contribution is 7.18. The number of rotatable bonds is 5. The van der Waals surface area contributed by atoms with Gasteiger partial charge in [-0.05, 0) is 61.0 Å². The molecule has 1 aromatic heterocycles. The van der Waals surface area contributed by atoms with E-state index in [-0.39, 0.29) is 0 Å². The summed E-state index contributed by atoms with van der Waals surface area (Å²) in [7, 11) is 1.59. The van der Waals surface area contributed by atoms with Gasteiger partial charge in [0.15, 0.2) is 11.6 Å². The van der Waals surface area contributed by atoms with Crippen molar-refractivity contribution in [2.24, 2.45) is 5.10 Å². The summed E-state index contributed by atoms with van der Waals surface area (Å²) in [6.07, 6.45) is 0. The van der Waals surface area contributed by atoms with Crippen LogP contribution in [0.25, 0.3) is 10.4 Å². The molecule has 1 amide bonds. The molecule has 0 aliphatic rings. The smallest absolute Gasteiger partial charge is 0.283 e. The number of nitrogens with zero attached hydrogens (tertiary/aromatic N) is 1. The summed E-state index contributed by atoms with van der Waals surface area (Å²) in [4.78, 5) is 13.6. The Kier molecular flexibility index (Phi) is 5.70. The number of thiophene rings is 1. The Hall–Kier alpha value is -3.26. The molecule has 0 spiro atoms. The van der Waals surface area contributed by atoms with Crippen LogP contribution in [-0.2, 0) is 0 Å². The quantitative estimate of drug-likeness (QED) is 0.490. The molecule has 0 unspecified atom stereocenters. The van der Waals surface area contributed by atoms with Gasteiger partial charge in [-0.25, -0.2) is 14.2 Å². The van der Waals surface area contributed by atoms with E-state index in [9.17, 15) is 13.6 Å². The number of benzene rings is 2. The van der Waals surface area contributed by atoms with Crippen LogP contribution in [-0.4, -0.2) is 18.7 Å². The van der Waals surface area contributed by atoms with E-state index in [4.69, 9.17) is 10.5 Å². The van der Waals surface area contributed by atoms with E-state index >= 15 is 0 Å². The maximum Gasteiger partial charge on any atom is 0.283 e. The Morgan fingerprint density at radius 2 is 1.82 bits per heavy atom. The van der Waals surface area contributed by atoms with Crippen LogP contribution < -0.4 is 15.9 Å². The van der Waals surface area contributed by atoms with Gasteiger partial charge in [0.2, 0.25) is 0 Å². The monoisotopic (exact) mass is 401 g/mol. The van der Waals surface area contributed by atoms with Crippen LogP contribution in [0.1, 0.15) is 22.2 Å². The number of halogens is 2. The summed E-state index contributed by atoms with van der Waals surface area (Å²) in [5.74, 6) is -1.68. The minimum atomic E-state index is -0.981. The first kappa shape index (κ1) is 19.5. The Bertz CT molecular complexity index is 1050. The molecular weight excluding hydrogens is 384 g/mol. The first-order chi connectivity index (χ1) is 13.4. The van der Waals surface area contributed by atoms with Crippen molar-refractivity contribution in [2.75, 3.05) is 12.8 Å². The topological polar surface area (TPSA) is 76.7 Å². The number of hydrogen-bond acceptors (Lipinski definition) is 5. The fourth-order valence-corrected chi connectivity index (χ4v) is 3.43. The molecule has 0 radical (unpaired) electrons. The van der Waals surface area contributed by atoms with Crippen molar-refractivity contribution in [3.05, 3.63) is 70.6 Å². The molecule has 3 aromatic rings. The van der Waals surface area contributed by atoms with Crippen LogP contribution in [0.15, 0.2) is 53.6 Å². The van der Waals surface area contributed by atoms with Crippen molar-refractivity contribution in [1.29, 1.82) is 0 Å². The first-order valence-corrected chi connectivity index (χ1v) is 9.04. The summed E-state index contributed by atoms with van der Waals surface area (Å²) in [6, 6.07) is 12.5. The molecule has 3 rings (SSSR count). The maximum atomic E-state index is 13.3. The molecule has 0 bridgehead atoms. The van der Waals surface area contributed by atoms with E-state index in [2.05, 4.69) is 10.5 Å². The molecule has 0 aliphatic heterocycles. The lowest BCUT2D eigenvalue weighted by Gasteiger charge is -2.03. The zero-order chi connectivity index (χ0) is 20.3. The van der Waals surface area contributed by atoms with Gasteiger partial charge < -0.3 is 10.5 Å². The summed E-state index contributed by atoms with van der Waals surface area (Å²) in [6.45, 7) is 1.58. The van der Waals surface area contributed by atoms with Crippen LogP contribution in [0, 0.1) is 11.6 Å². The number of anilines is 1. The fraction of sp³-hybridized carbons (Fsp3) is 0.100. The highest BCUT2D eigenvalue weighted by Crippen LogP contribution is 2.34. The van der Waals surface area contributed by atoms with Crippen LogP contribution in [0.3, 0.4) is 0 Å². The number of amides is 1. The summed E-state index contributed by atoms with van der Waals surface area (Å²) in [5, 5.41) is 3.95. The number of nitrogens with one attached hydrogen (secondary N) is 1. The highest BCUT2D eigenvalue weighted by atomic mass is 32.1. The fourth-order valence-electron chi connectivity index (χ4n) is 2.45. The zero-order valence-corrected chi connectivity index (χ0v) is 15.9. The van der Waals surface area contributed by atoms with Crippen LogP contribution in [0.2, 0.25) is 0 Å². The molecule has 0 saturated carbocycles. The molecule has 0 aliphatic carbocycles. The molecular formula is C20H17F2N3O2S. The normalized spacial score (nSPS) is 11.4. The summed E-state index contributed by atoms with van der Waals surface area (Å²) >= 11 is 1.23. The minimum absolute atomic E-state index is 0.313. The van der Waals surface area contributed by atoms with Crippen molar-refractivity contribution < 1.29 is 18.3 Å². The number of carbonyl (C=O) groups is 1. The largest absolute Gasteiger partial charge is 0.497 e. The predicted octanol–water partition coefficient (Wildman–Crippen LogP) is 4.44. The number of hydrazone groups is 1. The summed E-state index contributed by atoms with van der Waals surface area (Å²) < 4.78 is 31.5. The van der Waals surface area contributed by atoms with Crippen molar-refractivity contribution in [3.63, 3.8) is 0 Å². The van der Waals surface area contributed by atoms with Crippen LogP contribution in [0.4, 0.5) is 14.5 Å². The van der Waals surface area contributed by atoms with Gasteiger partial charge in [0.1, 0.15) is 10.6 Å². The average molecular weight is 401 g/mol. The van der Waals surface area contributed by atoms with Crippen molar-refractivity contribution >= 4 is 28.6 Å².